The van der Waals surface area contributed by atoms with E-state index in [1.807, 2.05) is 24.3 Å². The van der Waals surface area contributed by atoms with Gasteiger partial charge < -0.3 is 14.6 Å². The van der Waals surface area contributed by atoms with Gasteiger partial charge in [0.15, 0.2) is 0 Å². The lowest BCUT2D eigenvalue weighted by molar-refractivity contribution is 0.0696. The number of hydrogen-bond acceptors (Lipinski definition) is 5. The molecule has 0 aliphatic rings. The maximum absolute atomic E-state index is 11.3. The summed E-state index contributed by atoms with van der Waals surface area (Å²) >= 11 is 0. The molecular weight excluding hydrogens is 508 g/mol. The lowest BCUT2D eigenvalue weighted by atomic mass is 10.1. The Kier molecular flexibility index (Phi) is 8.18. The van der Waals surface area contributed by atoms with Gasteiger partial charge in [0.05, 0.1) is 29.1 Å². The Bertz CT molecular complexity index is 1410. The highest BCUT2D eigenvalue weighted by Gasteiger charge is 2.50. The third-order valence-electron chi connectivity index (χ3n) is 6.50. The number of azo groups is 1. The Morgan fingerprint density at radius 1 is 0.692 bits per heavy atom. The van der Waals surface area contributed by atoms with Crippen LogP contribution in [0.2, 0.25) is 5.04 Å². The van der Waals surface area contributed by atoms with Crippen molar-refractivity contribution in [3.63, 3.8) is 0 Å². The van der Waals surface area contributed by atoms with Crippen molar-refractivity contribution in [2.75, 3.05) is 0 Å². The van der Waals surface area contributed by atoms with Gasteiger partial charge in [-0.2, -0.15) is 10.2 Å². The van der Waals surface area contributed by atoms with Gasteiger partial charge in [-0.25, -0.2) is 9.59 Å². The van der Waals surface area contributed by atoms with Crippen molar-refractivity contribution in [3.05, 3.63) is 120 Å². The Labute approximate surface area is 228 Å². The molecule has 39 heavy (non-hydrogen) atoms. The number of nitrogens with zero attached hydrogens (tertiary/aromatic N) is 2. The second-order valence-corrected chi connectivity index (χ2v) is 14.5. The van der Waals surface area contributed by atoms with Gasteiger partial charge in [-0.05, 0) is 51.3 Å². The van der Waals surface area contributed by atoms with Gasteiger partial charge in [-0.1, -0.05) is 93.6 Å². The lowest BCUT2D eigenvalue weighted by Gasteiger charge is -2.43. The van der Waals surface area contributed by atoms with Gasteiger partial charge in [0, 0.05) is 0 Å². The summed E-state index contributed by atoms with van der Waals surface area (Å²) in [6.07, 6.45) is 0. The molecule has 2 N–H and O–H groups in total. The fourth-order valence-corrected chi connectivity index (χ4v) is 9.18. The molecule has 0 radical (unpaired) electrons. The molecule has 0 amide bonds. The van der Waals surface area contributed by atoms with Crippen LogP contribution in [0.15, 0.2) is 113 Å². The van der Waals surface area contributed by atoms with E-state index in [1.54, 1.807) is 12.1 Å². The first kappa shape index (κ1) is 27.6. The Morgan fingerprint density at radius 3 is 1.59 bits per heavy atom. The quantitative estimate of drug-likeness (QED) is 0.185. The molecule has 8 heteroatoms. The lowest BCUT2D eigenvalue weighted by Crippen LogP contribution is -2.66. The fraction of sp³-hybridized carbons (Fsp3) is 0.161. The molecule has 198 valence electrons. The summed E-state index contributed by atoms with van der Waals surface area (Å²) in [7, 11) is -2.67. The van der Waals surface area contributed by atoms with E-state index in [4.69, 9.17) is 4.43 Å². The van der Waals surface area contributed by atoms with Crippen LogP contribution in [0.1, 0.15) is 47.1 Å². The molecule has 0 spiro atoms. The first-order valence-corrected chi connectivity index (χ1v) is 14.4. The average Bonchev–Trinajstić information content (AvgIpc) is 2.93. The molecule has 0 aliphatic carbocycles. The minimum absolute atomic E-state index is 0.136. The highest BCUT2D eigenvalue weighted by atomic mass is 28.4. The molecule has 0 unspecified atom stereocenters. The van der Waals surface area contributed by atoms with Crippen molar-refractivity contribution >= 4 is 42.0 Å². The smallest absolute Gasteiger partial charge is 0.335 e. The molecule has 0 heterocycles. The van der Waals surface area contributed by atoms with Crippen molar-refractivity contribution in [2.24, 2.45) is 10.2 Å². The number of aromatic carboxylic acids is 2. The molecule has 0 saturated carbocycles. The Balaban J connectivity index is 1.59. The maximum Gasteiger partial charge on any atom is 0.335 e. The number of benzene rings is 4. The predicted octanol–water partition coefficient (Wildman–Crippen LogP) is 6.58. The average molecular weight is 539 g/mol. The van der Waals surface area contributed by atoms with Gasteiger partial charge in [0.2, 0.25) is 0 Å². The minimum atomic E-state index is -2.67. The second kappa shape index (κ2) is 11.5. The summed E-state index contributed by atoms with van der Waals surface area (Å²) in [6, 6.07) is 32.0. The van der Waals surface area contributed by atoms with Crippen molar-refractivity contribution in [3.8, 4) is 0 Å². The summed E-state index contributed by atoms with van der Waals surface area (Å²) in [5, 5.41) is 29.0. The van der Waals surface area contributed by atoms with Crippen molar-refractivity contribution in [1.82, 2.24) is 0 Å². The molecule has 0 aliphatic heterocycles. The summed E-state index contributed by atoms with van der Waals surface area (Å²) in [5.41, 5.74) is 1.33. The van der Waals surface area contributed by atoms with Gasteiger partial charge in [0.25, 0.3) is 8.32 Å². The monoisotopic (exact) mass is 538 g/mol. The van der Waals surface area contributed by atoms with E-state index >= 15 is 0 Å². The zero-order valence-electron chi connectivity index (χ0n) is 22.0. The summed E-state index contributed by atoms with van der Waals surface area (Å²) in [4.78, 5) is 22.7. The molecule has 0 atom stereocenters. The van der Waals surface area contributed by atoms with E-state index < -0.39 is 20.3 Å². The topological polar surface area (TPSA) is 109 Å². The van der Waals surface area contributed by atoms with Gasteiger partial charge in [-0.15, -0.1) is 0 Å². The standard InChI is InChI=1S/C31H30N2O5Si/c1-31(2,3)39(27-10-6-4-7-11-27,28-12-8-5-9-13-28)38-21-22-14-16-25(17-15-22)32-33-26-19-23(29(34)35)18-24(20-26)30(36)37/h4-20H,21H2,1-3H3,(H,34,35)(H,36,37). The van der Waals surface area contributed by atoms with Gasteiger partial charge in [0.1, 0.15) is 0 Å². The van der Waals surface area contributed by atoms with Crippen molar-refractivity contribution in [2.45, 2.75) is 32.4 Å². The van der Waals surface area contributed by atoms with Crippen LogP contribution in [0, 0.1) is 0 Å². The third-order valence-corrected chi connectivity index (χ3v) is 11.5. The van der Waals surface area contributed by atoms with Crippen molar-refractivity contribution < 1.29 is 24.2 Å². The van der Waals surface area contributed by atoms with E-state index in [-0.39, 0.29) is 21.9 Å². The van der Waals surface area contributed by atoms with Crippen LogP contribution in [-0.2, 0) is 11.0 Å². The molecule has 0 bridgehead atoms. The van der Waals surface area contributed by atoms with Crippen LogP contribution in [0.3, 0.4) is 0 Å². The first-order chi connectivity index (χ1) is 18.6. The maximum atomic E-state index is 11.3. The molecule has 7 nitrogen and oxygen atoms in total. The Morgan fingerprint density at radius 2 is 1.15 bits per heavy atom. The third kappa shape index (κ3) is 6.19. The van der Waals surface area contributed by atoms with Gasteiger partial charge in [-0.3, -0.25) is 0 Å². The molecular formula is C31H30N2O5Si. The number of carboxylic acid groups (broad SMARTS) is 2. The normalized spacial score (nSPS) is 12.0. The highest BCUT2D eigenvalue weighted by molar-refractivity contribution is 6.99. The van der Waals surface area contributed by atoms with Crippen LogP contribution in [0.4, 0.5) is 11.4 Å². The molecule has 0 saturated heterocycles. The summed E-state index contributed by atoms with van der Waals surface area (Å²) in [5.74, 6) is -2.47. The van der Waals surface area contributed by atoms with Gasteiger partial charge >= 0.3 is 11.9 Å². The van der Waals surface area contributed by atoms with E-state index in [2.05, 4.69) is 79.5 Å². The van der Waals surface area contributed by atoms with E-state index in [1.165, 1.54) is 22.5 Å². The predicted molar refractivity (Wildman–Crippen MR) is 153 cm³/mol. The Hall–Kier alpha value is -4.40. The second-order valence-electron chi connectivity index (χ2n) is 10.2. The number of carbonyl (C=O) groups is 2. The molecule has 0 fully saturated rings. The van der Waals surface area contributed by atoms with Crippen LogP contribution in [0.5, 0.6) is 0 Å². The van der Waals surface area contributed by atoms with Crippen molar-refractivity contribution in [1.29, 1.82) is 0 Å². The van der Waals surface area contributed by atoms with E-state index in [9.17, 15) is 19.8 Å². The summed E-state index contributed by atoms with van der Waals surface area (Å²) in [6.45, 7) is 7.11. The zero-order chi connectivity index (χ0) is 28.0. The molecule has 4 aromatic carbocycles. The summed E-state index contributed by atoms with van der Waals surface area (Å²) < 4.78 is 6.97. The van der Waals surface area contributed by atoms with Crippen LogP contribution in [0.25, 0.3) is 0 Å². The SMILES string of the molecule is CC(C)(C)[Si](OCc1ccc(N=Nc2cc(C(=O)O)cc(C(=O)O)c2)cc1)(c1ccccc1)c1ccccc1. The van der Waals surface area contributed by atoms with Crippen LogP contribution < -0.4 is 10.4 Å². The largest absolute Gasteiger partial charge is 0.478 e. The fourth-order valence-electron chi connectivity index (χ4n) is 4.64. The van der Waals surface area contributed by atoms with E-state index in [0.29, 0.717) is 12.3 Å². The van der Waals surface area contributed by atoms with Crippen LogP contribution >= 0.6 is 0 Å². The highest BCUT2D eigenvalue weighted by Crippen LogP contribution is 2.37. The molecule has 4 aromatic rings. The van der Waals surface area contributed by atoms with Crippen LogP contribution in [-0.4, -0.2) is 30.5 Å². The van der Waals surface area contributed by atoms with E-state index in [0.717, 1.165) is 11.6 Å². The first-order valence-electron chi connectivity index (χ1n) is 12.5. The molecule has 0 aromatic heterocycles. The number of hydrogen-bond donors (Lipinski definition) is 2. The zero-order valence-corrected chi connectivity index (χ0v) is 23.0. The number of carboxylic acids is 2. The molecule has 4 rings (SSSR count). The number of rotatable bonds is 9. The minimum Gasteiger partial charge on any atom is -0.478 e.